The molecule has 21 heavy (non-hydrogen) atoms. The largest absolute Gasteiger partial charge is 0.497 e. The molecule has 2 rings (SSSR count). The van der Waals surface area contributed by atoms with Gasteiger partial charge in [0.2, 0.25) is 5.91 Å². The monoisotopic (exact) mass is 292 g/mol. The van der Waals surface area contributed by atoms with Gasteiger partial charge in [-0.25, -0.2) is 0 Å². The number of ether oxygens (including phenoxy) is 2. The number of carbonyl (C=O) groups excluding carboxylic acids is 1. The van der Waals surface area contributed by atoms with E-state index in [1.54, 1.807) is 14.2 Å². The van der Waals surface area contributed by atoms with Crippen molar-refractivity contribution in [3.05, 3.63) is 29.8 Å². The van der Waals surface area contributed by atoms with Crippen LogP contribution in [0.2, 0.25) is 0 Å². The molecular formula is C16H24N2O3. The molecule has 0 saturated carbocycles. The summed E-state index contributed by atoms with van der Waals surface area (Å²) in [6, 6.07) is 7.89. The molecule has 0 spiro atoms. The molecule has 0 unspecified atom stereocenters. The average molecular weight is 292 g/mol. The minimum atomic E-state index is -0.0727. The molecule has 1 amide bonds. The van der Waals surface area contributed by atoms with E-state index in [2.05, 4.69) is 10.6 Å². The third-order valence-corrected chi connectivity index (χ3v) is 3.94. The van der Waals surface area contributed by atoms with Gasteiger partial charge in [-0.1, -0.05) is 19.1 Å². The van der Waals surface area contributed by atoms with Crippen molar-refractivity contribution in [3.8, 4) is 5.75 Å². The van der Waals surface area contributed by atoms with Crippen LogP contribution in [0.4, 0.5) is 0 Å². The highest BCUT2D eigenvalue weighted by molar-refractivity contribution is 5.79. The predicted octanol–water partition coefficient (Wildman–Crippen LogP) is 0.977. The Hall–Kier alpha value is -1.59. The zero-order valence-electron chi connectivity index (χ0n) is 12.9. The maximum Gasteiger partial charge on any atom is 0.223 e. The normalized spacial score (nSPS) is 22.8. The maximum atomic E-state index is 12.3. The molecule has 3 atom stereocenters. The second-order valence-electron chi connectivity index (χ2n) is 5.50. The van der Waals surface area contributed by atoms with Crippen molar-refractivity contribution in [3.63, 3.8) is 0 Å². The van der Waals surface area contributed by atoms with Crippen LogP contribution in [0.15, 0.2) is 24.3 Å². The van der Waals surface area contributed by atoms with Gasteiger partial charge in [-0.3, -0.25) is 4.79 Å². The first-order valence-corrected chi connectivity index (χ1v) is 7.31. The van der Waals surface area contributed by atoms with Crippen LogP contribution in [0, 0.1) is 5.92 Å². The van der Waals surface area contributed by atoms with E-state index in [0.29, 0.717) is 6.42 Å². The van der Waals surface area contributed by atoms with Crippen molar-refractivity contribution in [2.45, 2.75) is 25.5 Å². The van der Waals surface area contributed by atoms with E-state index in [4.69, 9.17) is 9.47 Å². The van der Waals surface area contributed by atoms with Crippen LogP contribution >= 0.6 is 0 Å². The number of benzene rings is 1. The number of amides is 1. The lowest BCUT2D eigenvalue weighted by molar-refractivity contribution is -0.125. The number of rotatable bonds is 6. The van der Waals surface area contributed by atoms with Gasteiger partial charge < -0.3 is 20.1 Å². The van der Waals surface area contributed by atoms with E-state index in [0.717, 1.165) is 24.4 Å². The van der Waals surface area contributed by atoms with Crippen LogP contribution in [0.1, 0.15) is 12.5 Å². The molecule has 0 radical (unpaired) electrons. The van der Waals surface area contributed by atoms with Crippen molar-refractivity contribution < 1.29 is 14.3 Å². The quantitative estimate of drug-likeness (QED) is 0.820. The SMILES string of the molecule is COc1ccc(C[C@H](C)C(=O)N[C@@H]2CNC[C@@H]2OC)cc1. The summed E-state index contributed by atoms with van der Waals surface area (Å²) in [4.78, 5) is 12.3. The Labute approximate surface area is 126 Å². The van der Waals surface area contributed by atoms with E-state index in [9.17, 15) is 4.79 Å². The number of methoxy groups -OCH3 is 2. The third kappa shape index (κ3) is 4.19. The first kappa shape index (κ1) is 15.8. The van der Waals surface area contributed by atoms with Crippen molar-refractivity contribution in [1.29, 1.82) is 0 Å². The second-order valence-corrected chi connectivity index (χ2v) is 5.50. The van der Waals surface area contributed by atoms with Gasteiger partial charge in [0.05, 0.1) is 19.3 Å². The lowest BCUT2D eigenvalue weighted by Crippen LogP contribution is -2.45. The summed E-state index contributed by atoms with van der Waals surface area (Å²) in [6.45, 7) is 3.50. The molecule has 0 aliphatic carbocycles. The van der Waals surface area contributed by atoms with Gasteiger partial charge in [-0.05, 0) is 24.1 Å². The summed E-state index contributed by atoms with van der Waals surface area (Å²) in [7, 11) is 3.32. The molecule has 0 bridgehead atoms. The summed E-state index contributed by atoms with van der Waals surface area (Å²) < 4.78 is 10.5. The van der Waals surface area contributed by atoms with Crippen molar-refractivity contribution in [1.82, 2.24) is 10.6 Å². The van der Waals surface area contributed by atoms with Gasteiger partial charge in [0.15, 0.2) is 0 Å². The zero-order chi connectivity index (χ0) is 15.2. The number of carbonyl (C=O) groups is 1. The number of nitrogens with one attached hydrogen (secondary N) is 2. The first-order valence-electron chi connectivity index (χ1n) is 7.31. The molecule has 116 valence electrons. The number of hydrogen-bond acceptors (Lipinski definition) is 4. The summed E-state index contributed by atoms with van der Waals surface area (Å²) in [6.07, 6.45) is 0.773. The fraction of sp³-hybridized carbons (Fsp3) is 0.562. The Bertz CT molecular complexity index is 461. The fourth-order valence-electron chi connectivity index (χ4n) is 2.58. The maximum absolute atomic E-state index is 12.3. The molecular weight excluding hydrogens is 268 g/mol. The Morgan fingerprint density at radius 3 is 2.67 bits per heavy atom. The minimum Gasteiger partial charge on any atom is -0.497 e. The highest BCUT2D eigenvalue weighted by atomic mass is 16.5. The van der Waals surface area contributed by atoms with Crippen LogP contribution in [0.25, 0.3) is 0 Å². The topological polar surface area (TPSA) is 59.6 Å². The van der Waals surface area contributed by atoms with Gasteiger partial charge >= 0.3 is 0 Å². The van der Waals surface area contributed by atoms with E-state index < -0.39 is 0 Å². The van der Waals surface area contributed by atoms with E-state index in [-0.39, 0.29) is 24.0 Å². The molecule has 1 aromatic rings. The van der Waals surface area contributed by atoms with E-state index >= 15 is 0 Å². The zero-order valence-corrected chi connectivity index (χ0v) is 12.9. The average Bonchev–Trinajstić information content (AvgIpc) is 2.95. The van der Waals surface area contributed by atoms with Crippen LogP contribution < -0.4 is 15.4 Å². The molecule has 1 aliphatic rings. The molecule has 1 aliphatic heterocycles. The van der Waals surface area contributed by atoms with E-state index in [1.807, 2.05) is 31.2 Å². The molecule has 2 N–H and O–H groups in total. The Morgan fingerprint density at radius 2 is 2.05 bits per heavy atom. The molecule has 1 heterocycles. The highest BCUT2D eigenvalue weighted by Gasteiger charge is 2.29. The van der Waals surface area contributed by atoms with Gasteiger partial charge in [-0.15, -0.1) is 0 Å². The third-order valence-electron chi connectivity index (χ3n) is 3.94. The predicted molar refractivity (Wildman–Crippen MR) is 81.5 cm³/mol. The Morgan fingerprint density at radius 1 is 1.33 bits per heavy atom. The highest BCUT2D eigenvalue weighted by Crippen LogP contribution is 2.15. The molecule has 0 aromatic heterocycles. The van der Waals surface area contributed by atoms with Gasteiger partial charge in [0, 0.05) is 26.1 Å². The van der Waals surface area contributed by atoms with Crippen LogP contribution in [-0.2, 0) is 16.0 Å². The summed E-state index contributed by atoms with van der Waals surface area (Å²) >= 11 is 0. The second kappa shape index (κ2) is 7.43. The van der Waals surface area contributed by atoms with Crippen molar-refractivity contribution in [2.24, 2.45) is 5.92 Å². The standard InChI is InChI=1S/C16H24N2O3/c1-11(8-12-4-6-13(20-2)7-5-12)16(19)18-14-9-17-10-15(14)21-3/h4-7,11,14-15,17H,8-10H2,1-3H3,(H,18,19)/t11-,14+,15-/m0/s1. The summed E-state index contributed by atoms with van der Waals surface area (Å²) in [5.74, 6) is 0.828. The smallest absolute Gasteiger partial charge is 0.223 e. The van der Waals surface area contributed by atoms with Crippen molar-refractivity contribution >= 4 is 5.91 Å². The fourth-order valence-corrected chi connectivity index (χ4v) is 2.58. The number of hydrogen-bond donors (Lipinski definition) is 2. The Balaban J connectivity index is 1.86. The van der Waals surface area contributed by atoms with Crippen LogP contribution in [-0.4, -0.2) is 45.4 Å². The molecule has 1 aromatic carbocycles. The first-order chi connectivity index (χ1) is 10.1. The molecule has 1 fully saturated rings. The van der Waals surface area contributed by atoms with Gasteiger partial charge in [0.1, 0.15) is 5.75 Å². The lowest BCUT2D eigenvalue weighted by Gasteiger charge is -2.21. The summed E-state index contributed by atoms with van der Waals surface area (Å²) in [5.41, 5.74) is 1.13. The Kier molecular flexibility index (Phi) is 5.59. The minimum absolute atomic E-state index is 0.0563. The van der Waals surface area contributed by atoms with Crippen molar-refractivity contribution in [2.75, 3.05) is 27.3 Å². The molecule has 5 nitrogen and oxygen atoms in total. The van der Waals surface area contributed by atoms with Crippen LogP contribution in [0.5, 0.6) is 5.75 Å². The lowest BCUT2D eigenvalue weighted by atomic mass is 9.99. The molecule has 5 heteroatoms. The van der Waals surface area contributed by atoms with Gasteiger partial charge in [0.25, 0.3) is 0 Å². The summed E-state index contributed by atoms with van der Waals surface area (Å²) in [5, 5.41) is 6.30. The van der Waals surface area contributed by atoms with Gasteiger partial charge in [-0.2, -0.15) is 0 Å². The van der Waals surface area contributed by atoms with Crippen LogP contribution in [0.3, 0.4) is 0 Å². The molecule has 1 saturated heterocycles. The van der Waals surface area contributed by atoms with E-state index in [1.165, 1.54) is 0 Å².